The van der Waals surface area contributed by atoms with Crippen LogP contribution in [0.15, 0.2) is 42.6 Å². The van der Waals surface area contributed by atoms with Crippen LogP contribution in [0, 0.1) is 13.8 Å². The molecule has 3 aromatic rings. The van der Waals surface area contributed by atoms with Gasteiger partial charge in [-0.15, -0.1) is 0 Å². The summed E-state index contributed by atoms with van der Waals surface area (Å²) in [4.78, 5) is 30.5. The molecule has 0 saturated carbocycles. The molecule has 1 aromatic carbocycles. The molecule has 0 spiro atoms. The zero-order valence-corrected chi connectivity index (χ0v) is 17.4. The smallest absolute Gasteiger partial charge is 0.257 e. The lowest BCUT2D eigenvalue weighted by molar-refractivity contribution is -0.120. The van der Waals surface area contributed by atoms with Crippen LogP contribution in [-0.2, 0) is 4.79 Å². The first-order valence-corrected chi connectivity index (χ1v) is 9.91. The number of rotatable bonds is 4. The number of pyridine rings is 1. The average molecular weight is 425 g/mol. The number of aryl methyl sites for hydroxylation is 2. The Bertz CT molecular complexity index is 1110. The van der Waals surface area contributed by atoms with Gasteiger partial charge in [0.25, 0.3) is 5.91 Å². The van der Waals surface area contributed by atoms with Crippen molar-refractivity contribution in [2.24, 2.45) is 0 Å². The molecule has 0 atom stereocenters. The van der Waals surface area contributed by atoms with Crippen molar-refractivity contribution in [2.45, 2.75) is 13.8 Å². The van der Waals surface area contributed by atoms with E-state index in [1.54, 1.807) is 35.0 Å². The van der Waals surface area contributed by atoms with Crippen LogP contribution in [-0.4, -0.2) is 46.2 Å². The van der Waals surface area contributed by atoms with Gasteiger partial charge in [-0.1, -0.05) is 11.6 Å². The van der Waals surface area contributed by atoms with Crippen LogP contribution in [0.5, 0.6) is 0 Å². The minimum Gasteiger partial charge on any atom is -0.359 e. The second-order valence-electron chi connectivity index (χ2n) is 7.14. The molecule has 0 unspecified atom stereocenters. The molecule has 2 aromatic heterocycles. The van der Waals surface area contributed by atoms with E-state index in [9.17, 15) is 9.59 Å². The highest BCUT2D eigenvalue weighted by molar-refractivity contribution is 6.33. The molecular weight excluding hydrogens is 404 g/mol. The van der Waals surface area contributed by atoms with Crippen LogP contribution in [0.4, 0.5) is 11.4 Å². The molecule has 1 aliphatic rings. The number of amides is 2. The molecule has 1 saturated heterocycles. The van der Waals surface area contributed by atoms with Gasteiger partial charge in [-0.25, -0.2) is 9.67 Å². The van der Waals surface area contributed by atoms with Crippen LogP contribution in [0.3, 0.4) is 0 Å². The largest absolute Gasteiger partial charge is 0.359 e. The summed E-state index contributed by atoms with van der Waals surface area (Å²) in [6, 6.07) is 10.7. The lowest BCUT2D eigenvalue weighted by Crippen LogP contribution is -2.47. The maximum Gasteiger partial charge on any atom is 0.257 e. The zero-order valence-electron chi connectivity index (χ0n) is 16.6. The van der Waals surface area contributed by atoms with Crippen LogP contribution in [0.2, 0.25) is 5.02 Å². The highest BCUT2D eigenvalue weighted by Gasteiger charge is 2.19. The maximum atomic E-state index is 12.6. The van der Waals surface area contributed by atoms with Crippen LogP contribution >= 0.6 is 11.6 Å². The summed E-state index contributed by atoms with van der Waals surface area (Å²) in [6.45, 7) is 5.39. The highest BCUT2D eigenvalue weighted by Crippen LogP contribution is 2.29. The fourth-order valence-corrected chi connectivity index (χ4v) is 3.70. The summed E-state index contributed by atoms with van der Waals surface area (Å²) >= 11 is 6.40. The van der Waals surface area contributed by atoms with Crippen molar-refractivity contribution < 1.29 is 9.59 Å². The fraction of sp³-hybridized carbons (Fsp3) is 0.238. The third kappa shape index (κ3) is 4.13. The summed E-state index contributed by atoms with van der Waals surface area (Å²) in [5.74, 6) is 0.324. The van der Waals surface area contributed by atoms with E-state index in [1.807, 2.05) is 24.8 Å². The number of anilines is 2. The molecule has 3 heterocycles. The Morgan fingerprint density at radius 3 is 2.67 bits per heavy atom. The van der Waals surface area contributed by atoms with E-state index < -0.39 is 0 Å². The van der Waals surface area contributed by atoms with Gasteiger partial charge in [0.2, 0.25) is 5.91 Å². The van der Waals surface area contributed by atoms with E-state index in [-0.39, 0.29) is 18.4 Å². The van der Waals surface area contributed by atoms with Crippen molar-refractivity contribution in [1.29, 1.82) is 0 Å². The Morgan fingerprint density at radius 2 is 2.03 bits per heavy atom. The molecule has 154 valence electrons. The topological polar surface area (TPSA) is 92.2 Å². The van der Waals surface area contributed by atoms with Gasteiger partial charge in [0, 0.05) is 30.7 Å². The van der Waals surface area contributed by atoms with Crippen LogP contribution in [0.1, 0.15) is 21.7 Å². The second-order valence-corrected chi connectivity index (χ2v) is 7.54. The number of benzene rings is 1. The van der Waals surface area contributed by atoms with Gasteiger partial charge in [0.05, 0.1) is 28.5 Å². The van der Waals surface area contributed by atoms with Gasteiger partial charge in [0.15, 0.2) is 5.82 Å². The van der Waals surface area contributed by atoms with Gasteiger partial charge in [-0.2, -0.15) is 5.10 Å². The maximum absolute atomic E-state index is 12.6. The average Bonchev–Trinajstić information content (AvgIpc) is 3.06. The number of hydrogen-bond acceptors (Lipinski definition) is 5. The van der Waals surface area contributed by atoms with Crippen molar-refractivity contribution in [3.63, 3.8) is 0 Å². The summed E-state index contributed by atoms with van der Waals surface area (Å²) < 4.78 is 1.73. The van der Waals surface area contributed by atoms with E-state index in [0.717, 1.165) is 17.1 Å². The number of piperazine rings is 1. The lowest BCUT2D eigenvalue weighted by Gasteiger charge is -2.29. The molecule has 1 fully saturated rings. The lowest BCUT2D eigenvalue weighted by atomic mass is 10.2. The Kier molecular flexibility index (Phi) is 5.41. The molecule has 9 heteroatoms. The molecule has 2 N–H and O–H groups in total. The number of nitrogens with zero attached hydrogens (tertiary/aromatic N) is 4. The summed E-state index contributed by atoms with van der Waals surface area (Å²) in [6.07, 6.45) is 1.52. The van der Waals surface area contributed by atoms with Crippen molar-refractivity contribution >= 4 is 34.8 Å². The molecular formula is C21H21ClN6O2. The van der Waals surface area contributed by atoms with Crippen molar-refractivity contribution in [2.75, 3.05) is 29.9 Å². The Morgan fingerprint density at radius 1 is 1.20 bits per heavy atom. The van der Waals surface area contributed by atoms with Crippen LogP contribution < -0.4 is 15.5 Å². The summed E-state index contributed by atoms with van der Waals surface area (Å²) in [5, 5.41) is 10.5. The zero-order chi connectivity index (χ0) is 21.3. The first-order chi connectivity index (χ1) is 14.4. The molecule has 4 rings (SSSR count). The first kappa shape index (κ1) is 19.9. The normalized spacial score (nSPS) is 13.8. The first-order valence-electron chi connectivity index (χ1n) is 9.53. The fourth-order valence-electron chi connectivity index (χ4n) is 3.40. The van der Waals surface area contributed by atoms with Gasteiger partial charge in [-0.3, -0.25) is 9.59 Å². The number of halogens is 1. The van der Waals surface area contributed by atoms with Crippen molar-refractivity contribution in [3.05, 3.63) is 64.6 Å². The number of carbonyl (C=O) groups excluding carboxylic acids is 2. The van der Waals surface area contributed by atoms with E-state index >= 15 is 0 Å². The number of nitrogens with one attached hydrogen (secondary N) is 2. The molecule has 0 aliphatic carbocycles. The molecule has 0 bridgehead atoms. The third-order valence-corrected chi connectivity index (χ3v) is 5.12. The number of hydrogen-bond donors (Lipinski definition) is 2. The highest BCUT2D eigenvalue weighted by atomic mass is 35.5. The quantitative estimate of drug-likeness (QED) is 0.671. The predicted molar refractivity (Wildman–Crippen MR) is 115 cm³/mol. The number of aromatic nitrogens is 3. The number of carbonyl (C=O) groups is 2. The molecule has 0 radical (unpaired) electrons. The van der Waals surface area contributed by atoms with E-state index in [1.165, 1.54) is 6.20 Å². The van der Waals surface area contributed by atoms with E-state index in [2.05, 4.69) is 20.7 Å². The summed E-state index contributed by atoms with van der Waals surface area (Å²) in [5.41, 5.74) is 3.63. The van der Waals surface area contributed by atoms with Gasteiger partial charge in [0.1, 0.15) is 0 Å². The minimum atomic E-state index is -0.288. The molecule has 30 heavy (non-hydrogen) atoms. The Labute approximate surface area is 178 Å². The second kappa shape index (κ2) is 8.16. The minimum absolute atomic E-state index is 0.0360. The third-order valence-electron chi connectivity index (χ3n) is 4.82. The van der Waals surface area contributed by atoms with Gasteiger partial charge in [-0.05, 0) is 50.2 Å². The molecule has 8 nitrogen and oxygen atoms in total. The van der Waals surface area contributed by atoms with E-state index in [4.69, 9.17) is 11.6 Å². The monoisotopic (exact) mass is 424 g/mol. The van der Waals surface area contributed by atoms with Gasteiger partial charge >= 0.3 is 0 Å². The molecule has 2 amide bonds. The van der Waals surface area contributed by atoms with Crippen molar-refractivity contribution in [3.8, 4) is 5.82 Å². The Hall–Kier alpha value is -3.39. The van der Waals surface area contributed by atoms with Crippen LogP contribution in [0.25, 0.3) is 5.82 Å². The summed E-state index contributed by atoms with van der Waals surface area (Å²) in [7, 11) is 0. The van der Waals surface area contributed by atoms with E-state index in [0.29, 0.717) is 35.2 Å². The molecule has 1 aliphatic heterocycles. The predicted octanol–water partition coefficient (Wildman–Crippen LogP) is 2.73. The SMILES string of the molecule is Cc1cc(C)n(-c2ccc(C(=O)Nc3ccc(N4CCNC(=O)C4)c(Cl)c3)cn2)n1. The van der Waals surface area contributed by atoms with Gasteiger partial charge < -0.3 is 15.5 Å². The van der Waals surface area contributed by atoms with Crippen molar-refractivity contribution in [1.82, 2.24) is 20.1 Å². The standard InChI is InChI=1S/C21H21ClN6O2/c1-13-9-14(2)28(26-13)19-6-3-15(11-24-19)21(30)25-16-4-5-18(17(22)10-16)27-8-7-23-20(29)12-27/h3-6,9-11H,7-8,12H2,1-2H3,(H,23,29)(H,25,30). The Balaban J connectivity index is 1.46.